The molecule has 2 rings (SSSR count). The minimum Gasteiger partial charge on any atom is -0.435 e. The molecule has 0 saturated carbocycles. The van der Waals surface area contributed by atoms with E-state index in [2.05, 4.69) is 14.1 Å². The minimum atomic E-state index is -4.85. The molecule has 1 heterocycles. The summed E-state index contributed by atoms with van der Waals surface area (Å²) < 4.78 is 68.3. The summed E-state index contributed by atoms with van der Waals surface area (Å²) in [7, 11) is 0. The Labute approximate surface area is 90.8 Å². The molecule has 0 aliphatic carbocycles. The molecular weight excluding hydrogens is 249 g/mol. The predicted octanol–water partition coefficient (Wildman–Crippen LogP) is 3.66. The van der Waals surface area contributed by atoms with Crippen LogP contribution in [0.4, 0.5) is 22.0 Å². The van der Waals surface area contributed by atoms with Gasteiger partial charge in [-0.2, -0.15) is 8.78 Å². The summed E-state index contributed by atoms with van der Waals surface area (Å²) in [5.74, 6) is -1.40. The van der Waals surface area contributed by atoms with Gasteiger partial charge < -0.3 is 9.15 Å². The van der Waals surface area contributed by atoms with Crippen molar-refractivity contribution >= 4 is 11.1 Å². The third-order valence-corrected chi connectivity index (χ3v) is 1.80. The highest BCUT2D eigenvalue weighted by atomic mass is 19.4. The number of alkyl halides is 5. The van der Waals surface area contributed by atoms with E-state index in [-0.39, 0.29) is 11.1 Å². The van der Waals surface area contributed by atoms with Crippen LogP contribution in [0.5, 0.6) is 5.75 Å². The summed E-state index contributed by atoms with van der Waals surface area (Å²) in [5.41, 5.74) is -0.156. The van der Waals surface area contributed by atoms with Crippen molar-refractivity contribution in [2.24, 2.45) is 0 Å². The zero-order valence-corrected chi connectivity index (χ0v) is 7.96. The molecule has 3 nitrogen and oxygen atoms in total. The first-order valence-electron chi connectivity index (χ1n) is 4.29. The summed E-state index contributed by atoms with van der Waals surface area (Å²) in [4.78, 5) is 3.40. The van der Waals surface area contributed by atoms with Gasteiger partial charge in [-0.3, -0.25) is 0 Å². The molecule has 0 saturated heterocycles. The van der Waals surface area contributed by atoms with Crippen molar-refractivity contribution in [2.45, 2.75) is 12.8 Å². The predicted molar refractivity (Wildman–Crippen MR) is 45.6 cm³/mol. The van der Waals surface area contributed by atoms with Crippen LogP contribution in [0.2, 0.25) is 0 Å². The first-order chi connectivity index (χ1) is 7.85. The first-order valence-corrected chi connectivity index (χ1v) is 4.29. The highest BCUT2D eigenvalue weighted by Crippen LogP contribution is 2.29. The molecule has 0 amide bonds. The van der Waals surface area contributed by atoms with Gasteiger partial charge in [-0.15, -0.1) is 13.2 Å². The van der Waals surface area contributed by atoms with Gasteiger partial charge in [0.05, 0.1) is 0 Å². The second-order valence-corrected chi connectivity index (χ2v) is 3.03. The number of nitrogens with zero attached hydrogens (tertiary/aromatic N) is 1. The van der Waals surface area contributed by atoms with Crippen LogP contribution in [-0.2, 0) is 0 Å². The fourth-order valence-electron chi connectivity index (χ4n) is 1.21. The van der Waals surface area contributed by atoms with Crippen LogP contribution in [0.25, 0.3) is 11.1 Å². The van der Waals surface area contributed by atoms with Crippen molar-refractivity contribution in [1.82, 2.24) is 4.98 Å². The van der Waals surface area contributed by atoms with Crippen LogP contribution < -0.4 is 4.74 Å². The van der Waals surface area contributed by atoms with Gasteiger partial charge in [0.2, 0.25) is 0 Å². The Balaban J connectivity index is 2.37. The van der Waals surface area contributed by atoms with Crippen molar-refractivity contribution in [3.8, 4) is 5.75 Å². The number of benzene rings is 1. The van der Waals surface area contributed by atoms with Gasteiger partial charge in [0, 0.05) is 6.07 Å². The second kappa shape index (κ2) is 3.86. The normalized spacial score (nSPS) is 12.4. The van der Waals surface area contributed by atoms with Crippen LogP contribution in [0.3, 0.4) is 0 Å². The third-order valence-electron chi connectivity index (χ3n) is 1.80. The maximum Gasteiger partial charge on any atom is 0.573 e. The van der Waals surface area contributed by atoms with E-state index in [1.807, 2.05) is 0 Å². The van der Waals surface area contributed by atoms with Gasteiger partial charge in [-0.1, -0.05) is 0 Å². The van der Waals surface area contributed by atoms with Crippen LogP contribution in [0.15, 0.2) is 22.6 Å². The molecule has 1 aromatic heterocycles. The van der Waals surface area contributed by atoms with Gasteiger partial charge in [-0.25, -0.2) is 4.98 Å². The molecule has 8 heteroatoms. The van der Waals surface area contributed by atoms with E-state index < -0.39 is 24.4 Å². The van der Waals surface area contributed by atoms with Gasteiger partial charge >= 0.3 is 12.8 Å². The molecule has 0 aliphatic heterocycles. The average molecular weight is 253 g/mol. The second-order valence-electron chi connectivity index (χ2n) is 3.03. The lowest BCUT2D eigenvalue weighted by atomic mass is 10.3. The molecule has 0 aliphatic rings. The number of rotatable bonds is 2. The Morgan fingerprint density at radius 3 is 2.53 bits per heavy atom. The van der Waals surface area contributed by atoms with Crippen molar-refractivity contribution in [2.75, 3.05) is 0 Å². The van der Waals surface area contributed by atoms with Crippen LogP contribution in [-0.4, -0.2) is 11.3 Å². The molecule has 2 aromatic rings. The lowest BCUT2D eigenvalue weighted by Crippen LogP contribution is -2.16. The molecule has 0 N–H and O–H groups in total. The Morgan fingerprint density at radius 2 is 1.94 bits per heavy atom. The molecule has 0 unspecified atom stereocenters. The van der Waals surface area contributed by atoms with Crippen molar-refractivity contribution < 1.29 is 31.1 Å². The smallest absolute Gasteiger partial charge is 0.435 e. The number of halogens is 5. The Hall–Kier alpha value is -1.86. The Kier molecular flexibility index (Phi) is 2.64. The standard InChI is InChI=1S/C9H4F5NO2/c10-7(11)8-15-5-2-1-4(3-6(5)16-8)17-9(12,13)14/h1-3,7H. The van der Waals surface area contributed by atoms with Crippen LogP contribution in [0.1, 0.15) is 12.3 Å². The van der Waals surface area contributed by atoms with E-state index >= 15 is 0 Å². The number of hydrogen-bond donors (Lipinski definition) is 0. The van der Waals surface area contributed by atoms with Crippen molar-refractivity contribution in [3.05, 3.63) is 24.1 Å². The molecule has 0 radical (unpaired) electrons. The molecule has 92 valence electrons. The van der Waals surface area contributed by atoms with Gasteiger partial charge in [0.15, 0.2) is 5.58 Å². The first kappa shape index (κ1) is 11.6. The van der Waals surface area contributed by atoms with E-state index in [1.165, 1.54) is 0 Å². The van der Waals surface area contributed by atoms with Crippen LogP contribution in [0, 0.1) is 0 Å². The maximum atomic E-state index is 12.2. The summed E-state index contributed by atoms with van der Waals surface area (Å²) in [6.07, 6.45) is -7.77. The zero-order valence-electron chi connectivity index (χ0n) is 7.96. The molecular formula is C9H4F5NO2. The van der Waals surface area contributed by atoms with E-state index in [0.717, 1.165) is 18.2 Å². The fourth-order valence-corrected chi connectivity index (χ4v) is 1.21. The van der Waals surface area contributed by atoms with E-state index in [0.29, 0.717) is 0 Å². The Morgan fingerprint density at radius 1 is 1.24 bits per heavy atom. The number of ether oxygens (including phenoxy) is 1. The summed E-state index contributed by atoms with van der Waals surface area (Å²) in [6.45, 7) is 0. The van der Waals surface area contributed by atoms with Gasteiger partial charge in [0.1, 0.15) is 11.3 Å². The third kappa shape index (κ3) is 2.63. The summed E-state index contributed by atoms with van der Waals surface area (Å²) in [6, 6.07) is 2.92. The van der Waals surface area contributed by atoms with E-state index in [9.17, 15) is 22.0 Å². The number of fused-ring (bicyclic) bond motifs is 1. The summed E-state index contributed by atoms with van der Waals surface area (Å²) >= 11 is 0. The highest BCUT2D eigenvalue weighted by molar-refractivity contribution is 5.74. The average Bonchev–Trinajstić information content (AvgIpc) is 2.57. The number of aromatic nitrogens is 1. The van der Waals surface area contributed by atoms with E-state index in [4.69, 9.17) is 0 Å². The SMILES string of the molecule is FC(F)c1nc2ccc(OC(F)(F)F)cc2o1. The molecule has 17 heavy (non-hydrogen) atoms. The monoisotopic (exact) mass is 253 g/mol. The lowest BCUT2D eigenvalue weighted by Gasteiger charge is -2.07. The quantitative estimate of drug-likeness (QED) is 0.766. The number of hydrogen-bond acceptors (Lipinski definition) is 3. The zero-order chi connectivity index (χ0) is 12.6. The van der Waals surface area contributed by atoms with Gasteiger partial charge in [0.25, 0.3) is 5.89 Å². The van der Waals surface area contributed by atoms with Crippen molar-refractivity contribution in [3.63, 3.8) is 0 Å². The molecule has 0 bridgehead atoms. The largest absolute Gasteiger partial charge is 0.573 e. The Bertz CT molecular complexity index is 534. The van der Waals surface area contributed by atoms with E-state index in [1.54, 1.807) is 0 Å². The van der Waals surface area contributed by atoms with Crippen LogP contribution >= 0.6 is 0 Å². The van der Waals surface area contributed by atoms with Crippen molar-refractivity contribution in [1.29, 1.82) is 0 Å². The topological polar surface area (TPSA) is 35.3 Å². The lowest BCUT2D eigenvalue weighted by molar-refractivity contribution is -0.274. The minimum absolute atomic E-state index is 0.0369. The molecule has 0 spiro atoms. The fraction of sp³-hybridized carbons (Fsp3) is 0.222. The maximum absolute atomic E-state index is 12.2. The molecule has 0 fully saturated rings. The van der Waals surface area contributed by atoms with Gasteiger partial charge in [-0.05, 0) is 12.1 Å². The molecule has 1 aromatic carbocycles. The summed E-state index contributed by atoms with van der Waals surface area (Å²) in [5, 5.41) is 0. The number of oxazole rings is 1. The molecule has 0 atom stereocenters. The highest BCUT2D eigenvalue weighted by Gasteiger charge is 2.31.